The van der Waals surface area contributed by atoms with Gasteiger partial charge in [-0.3, -0.25) is 10.2 Å². The Kier molecular flexibility index (Phi) is 6.16. The van der Waals surface area contributed by atoms with Crippen LogP contribution in [0.25, 0.3) is 0 Å². The molecule has 0 radical (unpaired) electrons. The van der Waals surface area contributed by atoms with Crippen LogP contribution >= 0.6 is 11.6 Å². The zero-order valence-corrected chi connectivity index (χ0v) is 15.5. The maximum atomic E-state index is 12.5. The fourth-order valence-corrected chi connectivity index (χ4v) is 2.78. The van der Waals surface area contributed by atoms with Gasteiger partial charge in [0.15, 0.2) is 12.7 Å². The Labute approximate surface area is 168 Å². The van der Waals surface area contributed by atoms with Gasteiger partial charge in [-0.25, -0.2) is 4.79 Å². The van der Waals surface area contributed by atoms with Crippen molar-refractivity contribution in [3.63, 3.8) is 0 Å². The molecule has 0 aromatic heterocycles. The molecule has 3 rings (SSSR count). The average Bonchev–Trinajstić information content (AvgIpc) is 3.12. The van der Waals surface area contributed by atoms with E-state index in [0.29, 0.717) is 10.6 Å². The number of hydrogen-bond acceptors (Lipinski definition) is 6. The van der Waals surface area contributed by atoms with Crippen LogP contribution in [0.15, 0.2) is 41.5 Å². The maximum Gasteiger partial charge on any atom is 0.422 e. The van der Waals surface area contributed by atoms with Crippen molar-refractivity contribution in [1.82, 2.24) is 16.1 Å². The number of alkyl carbamates (subject to hydrolysis) is 1. The zero-order valence-electron chi connectivity index (χ0n) is 14.7. The molecule has 0 aliphatic carbocycles. The molecule has 0 bridgehead atoms. The second-order valence-electron chi connectivity index (χ2n) is 6.18. The lowest BCUT2D eigenvalue weighted by Gasteiger charge is -2.28. The number of benzene rings is 1. The molecule has 8 nitrogen and oxygen atoms in total. The number of nitrogens with zero attached hydrogens (tertiary/aromatic N) is 1. The largest absolute Gasteiger partial charge is 0.467 e. The van der Waals surface area contributed by atoms with Gasteiger partial charge in [0.05, 0.1) is 18.6 Å². The smallest absolute Gasteiger partial charge is 0.422 e. The molecule has 0 spiro atoms. The van der Waals surface area contributed by atoms with E-state index in [1.54, 1.807) is 24.3 Å². The summed E-state index contributed by atoms with van der Waals surface area (Å²) in [5, 5.41) is 9.40. The van der Waals surface area contributed by atoms with Gasteiger partial charge in [-0.2, -0.15) is 13.2 Å². The number of hydrazone groups is 1. The molecular weight excluding hydrogens is 417 g/mol. The van der Waals surface area contributed by atoms with Gasteiger partial charge in [0, 0.05) is 5.02 Å². The fraction of sp³-hybridized carbons (Fsp3) is 0.353. The topological polar surface area (TPSA) is 101 Å². The summed E-state index contributed by atoms with van der Waals surface area (Å²) in [5.74, 6) is -0.782. The molecule has 2 heterocycles. The lowest BCUT2D eigenvalue weighted by molar-refractivity contribution is -0.156. The quantitative estimate of drug-likeness (QED) is 0.661. The molecule has 0 saturated carbocycles. The third kappa shape index (κ3) is 5.76. The molecule has 29 heavy (non-hydrogen) atoms. The number of alkyl halides is 3. The number of hydrogen-bond donors (Lipinski definition) is 3. The fourth-order valence-electron chi connectivity index (χ4n) is 2.66. The summed E-state index contributed by atoms with van der Waals surface area (Å²) in [6, 6.07) is 5.33. The van der Waals surface area contributed by atoms with E-state index < -0.39 is 43.0 Å². The Morgan fingerprint density at radius 3 is 2.66 bits per heavy atom. The lowest BCUT2D eigenvalue weighted by Crippen LogP contribution is -2.46. The van der Waals surface area contributed by atoms with Crippen LogP contribution in [0.1, 0.15) is 11.6 Å². The summed E-state index contributed by atoms with van der Waals surface area (Å²) in [4.78, 5) is 23.6. The SMILES string of the molecule is O=C1NC[C@@H](C(=O)NC(c2ccc(Cl)cc2)C2C=CC(OCC(F)(F)F)=NN2)O1. The van der Waals surface area contributed by atoms with Crippen LogP contribution in [0.5, 0.6) is 0 Å². The summed E-state index contributed by atoms with van der Waals surface area (Å²) in [6.45, 7) is -1.45. The van der Waals surface area contributed by atoms with Crippen molar-refractivity contribution in [3.8, 4) is 0 Å². The van der Waals surface area contributed by atoms with Crippen LogP contribution in [0.4, 0.5) is 18.0 Å². The predicted molar refractivity (Wildman–Crippen MR) is 96.1 cm³/mol. The van der Waals surface area contributed by atoms with E-state index >= 15 is 0 Å². The normalized spacial score (nSPS) is 22.1. The van der Waals surface area contributed by atoms with Gasteiger partial charge in [-0.1, -0.05) is 29.8 Å². The number of cyclic esters (lactones) is 1. The van der Waals surface area contributed by atoms with E-state index in [1.807, 2.05) is 0 Å². The van der Waals surface area contributed by atoms with Gasteiger partial charge in [0.1, 0.15) is 0 Å². The third-order valence-electron chi connectivity index (χ3n) is 4.01. The average molecular weight is 433 g/mol. The van der Waals surface area contributed by atoms with Crippen molar-refractivity contribution < 1.29 is 32.2 Å². The Morgan fingerprint density at radius 1 is 1.38 bits per heavy atom. The van der Waals surface area contributed by atoms with Crippen LogP contribution in [0.3, 0.4) is 0 Å². The Hall–Kier alpha value is -2.95. The first-order valence-electron chi connectivity index (χ1n) is 8.42. The summed E-state index contributed by atoms with van der Waals surface area (Å²) in [6.07, 6.45) is -3.39. The Balaban J connectivity index is 1.71. The van der Waals surface area contributed by atoms with Crippen LogP contribution in [-0.4, -0.2) is 49.4 Å². The first-order valence-corrected chi connectivity index (χ1v) is 8.80. The second kappa shape index (κ2) is 8.60. The van der Waals surface area contributed by atoms with Crippen molar-refractivity contribution >= 4 is 29.5 Å². The molecule has 2 unspecified atom stereocenters. The first kappa shape index (κ1) is 20.8. The lowest BCUT2D eigenvalue weighted by atomic mass is 9.98. The maximum absolute atomic E-state index is 12.5. The summed E-state index contributed by atoms with van der Waals surface area (Å²) in [5.41, 5.74) is 3.31. The summed E-state index contributed by atoms with van der Waals surface area (Å²) >= 11 is 5.91. The van der Waals surface area contributed by atoms with E-state index in [1.165, 1.54) is 12.2 Å². The molecule has 2 aliphatic heterocycles. The van der Waals surface area contributed by atoms with E-state index in [2.05, 4.69) is 25.9 Å². The minimum atomic E-state index is -4.49. The van der Waals surface area contributed by atoms with E-state index in [9.17, 15) is 22.8 Å². The van der Waals surface area contributed by atoms with Gasteiger partial charge in [0.25, 0.3) is 5.91 Å². The standard InChI is InChI=1S/C17H16ClF3N4O4/c18-10-3-1-9(2-4-10)14(23-15(26)12-7-22-16(27)29-12)11-5-6-13(25-24-11)28-8-17(19,20)21/h1-6,11-12,14,24H,7-8H2,(H,22,27)(H,23,26)/t11?,12-,14?/m0/s1. The van der Waals surface area contributed by atoms with Crippen molar-refractivity contribution in [1.29, 1.82) is 0 Å². The molecule has 3 atom stereocenters. The van der Waals surface area contributed by atoms with E-state index in [-0.39, 0.29) is 12.4 Å². The van der Waals surface area contributed by atoms with Crippen LogP contribution < -0.4 is 16.1 Å². The minimum absolute atomic E-state index is 0.0273. The van der Waals surface area contributed by atoms with E-state index in [4.69, 9.17) is 16.3 Å². The van der Waals surface area contributed by atoms with Crippen LogP contribution in [0.2, 0.25) is 5.02 Å². The van der Waals surface area contributed by atoms with Gasteiger partial charge >= 0.3 is 12.3 Å². The molecular formula is C17H16ClF3N4O4. The summed E-state index contributed by atoms with van der Waals surface area (Å²) < 4.78 is 46.2. The molecule has 1 aromatic carbocycles. The zero-order chi connectivity index (χ0) is 21.0. The monoisotopic (exact) mass is 432 g/mol. The summed E-state index contributed by atoms with van der Waals surface area (Å²) in [7, 11) is 0. The Bertz CT molecular complexity index is 829. The number of rotatable bonds is 5. The molecule has 1 fully saturated rings. The molecule has 1 aromatic rings. The highest BCUT2D eigenvalue weighted by Crippen LogP contribution is 2.23. The molecule has 1 saturated heterocycles. The number of carbonyl (C=O) groups excluding carboxylic acids is 2. The number of halogens is 4. The van der Waals surface area contributed by atoms with Crippen LogP contribution in [0, 0.1) is 0 Å². The molecule has 156 valence electrons. The highest BCUT2D eigenvalue weighted by atomic mass is 35.5. The predicted octanol–water partition coefficient (Wildman–Crippen LogP) is 2.03. The highest BCUT2D eigenvalue weighted by molar-refractivity contribution is 6.30. The second-order valence-corrected chi connectivity index (χ2v) is 6.62. The van der Waals surface area contributed by atoms with Gasteiger partial charge in [-0.05, 0) is 23.8 Å². The molecule has 12 heteroatoms. The van der Waals surface area contributed by atoms with Gasteiger partial charge in [-0.15, -0.1) is 5.10 Å². The molecule has 2 amide bonds. The van der Waals surface area contributed by atoms with Gasteiger partial charge in [0.2, 0.25) is 5.90 Å². The third-order valence-corrected chi connectivity index (χ3v) is 4.27. The molecule has 2 aliphatic rings. The van der Waals surface area contributed by atoms with E-state index in [0.717, 1.165) is 0 Å². The highest BCUT2D eigenvalue weighted by Gasteiger charge is 2.34. The van der Waals surface area contributed by atoms with Crippen molar-refractivity contribution in [2.24, 2.45) is 5.10 Å². The number of nitrogens with one attached hydrogen (secondary N) is 3. The number of carbonyl (C=O) groups is 2. The number of amides is 2. The van der Waals surface area contributed by atoms with Gasteiger partial charge < -0.3 is 20.1 Å². The number of ether oxygens (including phenoxy) is 2. The minimum Gasteiger partial charge on any atom is -0.467 e. The van der Waals surface area contributed by atoms with Crippen LogP contribution in [-0.2, 0) is 14.3 Å². The van der Waals surface area contributed by atoms with Crippen molar-refractivity contribution in [3.05, 3.63) is 47.0 Å². The molecule has 3 N–H and O–H groups in total. The van der Waals surface area contributed by atoms with Crippen molar-refractivity contribution in [2.45, 2.75) is 24.4 Å². The van der Waals surface area contributed by atoms with Crippen molar-refractivity contribution in [2.75, 3.05) is 13.2 Å². The first-order chi connectivity index (χ1) is 13.7. The Morgan fingerprint density at radius 2 is 2.10 bits per heavy atom.